The van der Waals surface area contributed by atoms with Gasteiger partial charge in [0.15, 0.2) is 0 Å². The lowest BCUT2D eigenvalue weighted by Crippen LogP contribution is -1.66. The minimum Gasteiger partial charge on any atom is -0.508 e. The molecule has 24 heavy (non-hydrogen) atoms. The Morgan fingerprint density at radius 3 is 1.75 bits per heavy atom. The van der Waals surface area contributed by atoms with Crippen LogP contribution in [0.3, 0.4) is 0 Å². The standard InChI is InChI=1S/C12H9N5.C6H6O/c13-17-16-12-9-5-4-8-11(12)15-14-10-6-2-1-3-7-10;7-6-4-2-1-3-5-6/h1-9H;1-5,7H. The van der Waals surface area contributed by atoms with Crippen molar-refractivity contribution in [3.05, 3.63) is 95.4 Å². The molecule has 0 bridgehead atoms. The van der Waals surface area contributed by atoms with Gasteiger partial charge in [0.25, 0.3) is 0 Å². The molecule has 0 aromatic heterocycles. The summed E-state index contributed by atoms with van der Waals surface area (Å²) in [7, 11) is 0. The van der Waals surface area contributed by atoms with Crippen LogP contribution in [0.2, 0.25) is 0 Å². The van der Waals surface area contributed by atoms with E-state index in [1.54, 1.807) is 42.5 Å². The molecule has 0 atom stereocenters. The Balaban J connectivity index is 0.000000249. The molecular weight excluding hydrogens is 302 g/mol. The Bertz CT molecular complexity index is 828. The fraction of sp³-hybridized carbons (Fsp3) is 0. The van der Waals surface area contributed by atoms with Crippen LogP contribution >= 0.6 is 0 Å². The number of phenols is 1. The van der Waals surface area contributed by atoms with Crippen LogP contribution in [0, 0.1) is 0 Å². The van der Waals surface area contributed by atoms with Crippen molar-refractivity contribution in [2.45, 2.75) is 0 Å². The highest BCUT2D eigenvalue weighted by Gasteiger charge is 1.96. The minimum atomic E-state index is 0.322. The van der Waals surface area contributed by atoms with Gasteiger partial charge in [0.1, 0.15) is 5.75 Å². The predicted octanol–water partition coefficient (Wildman–Crippen LogP) is 6.44. The Labute approximate surface area is 139 Å². The molecule has 0 aliphatic carbocycles. The smallest absolute Gasteiger partial charge is 0.115 e. The first kappa shape index (κ1) is 16.7. The number of azide groups is 1. The van der Waals surface area contributed by atoms with E-state index in [9.17, 15) is 0 Å². The molecule has 0 aliphatic heterocycles. The first-order chi connectivity index (χ1) is 11.8. The van der Waals surface area contributed by atoms with E-state index < -0.39 is 0 Å². The van der Waals surface area contributed by atoms with Crippen LogP contribution in [0.1, 0.15) is 0 Å². The lowest BCUT2D eigenvalue weighted by molar-refractivity contribution is 0.475. The molecule has 118 valence electrons. The maximum absolute atomic E-state index is 8.63. The van der Waals surface area contributed by atoms with Crippen molar-refractivity contribution in [3.8, 4) is 5.75 Å². The van der Waals surface area contributed by atoms with Gasteiger partial charge < -0.3 is 5.11 Å². The van der Waals surface area contributed by atoms with Crippen LogP contribution in [0.15, 0.2) is 100 Å². The van der Waals surface area contributed by atoms with Crippen LogP contribution < -0.4 is 0 Å². The van der Waals surface area contributed by atoms with E-state index >= 15 is 0 Å². The number of aromatic hydroxyl groups is 1. The fourth-order valence-electron chi connectivity index (χ4n) is 1.72. The van der Waals surface area contributed by atoms with Crippen LogP contribution in [0.5, 0.6) is 5.75 Å². The third kappa shape index (κ3) is 5.63. The summed E-state index contributed by atoms with van der Waals surface area (Å²) in [5, 5.41) is 20.3. The zero-order chi connectivity index (χ0) is 17.0. The lowest BCUT2D eigenvalue weighted by Gasteiger charge is -1.96. The maximum atomic E-state index is 8.63. The normalized spacial score (nSPS) is 9.67. The highest BCUT2D eigenvalue weighted by Crippen LogP contribution is 2.28. The van der Waals surface area contributed by atoms with Gasteiger partial charge in [0.2, 0.25) is 0 Å². The van der Waals surface area contributed by atoms with Gasteiger partial charge in [-0.25, -0.2) is 0 Å². The van der Waals surface area contributed by atoms with Crippen molar-refractivity contribution in [2.24, 2.45) is 15.3 Å². The van der Waals surface area contributed by atoms with Gasteiger partial charge >= 0.3 is 0 Å². The summed E-state index contributed by atoms with van der Waals surface area (Å²) in [4.78, 5) is 2.74. The number of para-hydroxylation sites is 1. The molecule has 0 radical (unpaired) electrons. The number of nitrogens with zero attached hydrogens (tertiary/aromatic N) is 5. The van der Waals surface area contributed by atoms with Crippen molar-refractivity contribution < 1.29 is 5.11 Å². The minimum absolute atomic E-state index is 0.322. The molecule has 0 spiro atoms. The van der Waals surface area contributed by atoms with Gasteiger partial charge in [-0.15, -0.1) is 0 Å². The zero-order valence-electron chi connectivity index (χ0n) is 12.8. The molecule has 3 aromatic carbocycles. The molecule has 6 heteroatoms. The van der Waals surface area contributed by atoms with Gasteiger partial charge in [-0.3, -0.25) is 0 Å². The largest absolute Gasteiger partial charge is 0.508 e. The second-order valence-electron chi connectivity index (χ2n) is 4.55. The highest BCUT2D eigenvalue weighted by molar-refractivity contribution is 5.60. The molecule has 3 rings (SSSR count). The van der Waals surface area contributed by atoms with E-state index in [4.69, 9.17) is 10.6 Å². The monoisotopic (exact) mass is 317 g/mol. The quantitative estimate of drug-likeness (QED) is 0.336. The molecule has 0 fully saturated rings. The van der Waals surface area contributed by atoms with E-state index in [-0.39, 0.29) is 0 Å². The van der Waals surface area contributed by atoms with Gasteiger partial charge in [0.05, 0.1) is 17.1 Å². The Morgan fingerprint density at radius 2 is 1.21 bits per heavy atom. The Kier molecular flexibility index (Phi) is 6.55. The zero-order valence-corrected chi connectivity index (χ0v) is 12.8. The molecule has 0 amide bonds. The molecule has 3 aromatic rings. The molecule has 1 N–H and O–H groups in total. The maximum Gasteiger partial charge on any atom is 0.115 e. The molecular formula is C18H15N5O. The van der Waals surface area contributed by atoms with Crippen molar-refractivity contribution >= 4 is 17.1 Å². The summed E-state index contributed by atoms with van der Waals surface area (Å²) in [6, 6.07) is 25.1. The van der Waals surface area contributed by atoms with E-state index in [2.05, 4.69) is 20.3 Å². The fourth-order valence-corrected chi connectivity index (χ4v) is 1.72. The van der Waals surface area contributed by atoms with E-state index in [1.807, 2.05) is 42.5 Å². The molecule has 0 heterocycles. The summed E-state index contributed by atoms with van der Waals surface area (Å²) in [6.07, 6.45) is 0. The molecule has 0 aliphatic rings. The number of benzene rings is 3. The van der Waals surface area contributed by atoms with Gasteiger partial charge in [0, 0.05) is 4.91 Å². The lowest BCUT2D eigenvalue weighted by atomic mass is 10.3. The van der Waals surface area contributed by atoms with Gasteiger partial charge in [-0.05, 0) is 35.9 Å². The second kappa shape index (κ2) is 9.40. The predicted molar refractivity (Wildman–Crippen MR) is 94.0 cm³/mol. The number of rotatable bonds is 3. The first-order valence-corrected chi connectivity index (χ1v) is 7.14. The van der Waals surface area contributed by atoms with Crippen LogP contribution in [-0.4, -0.2) is 5.11 Å². The molecule has 0 saturated carbocycles. The van der Waals surface area contributed by atoms with Crippen LogP contribution in [0.25, 0.3) is 10.4 Å². The van der Waals surface area contributed by atoms with Crippen LogP contribution in [-0.2, 0) is 0 Å². The summed E-state index contributed by atoms with van der Waals surface area (Å²) < 4.78 is 0. The molecule has 0 unspecified atom stereocenters. The molecule has 6 nitrogen and oxygen atoms in total. The van der Waals surface area contributed by atoms with Crippen molar-refractivity contribution in [3.63, 3.8) is 0 Å². The summed E-state index contributed by atoms with van der Waals surface area (Å²) >= 11 is 0. The highest BCUT2D eigenvalue weighted by atomic mass is 16.3. The number of hydrogen-bond donors (Lipinski definition) is 1. The van der Waals surface area contributed by atoms with Crippen molar-refractivity contribution in [1.29, 1.82) is 0 Å². The summed E-state index contributed by atoms with van der Waals surface area (Å²) in [5.41, 5.74) is 10.2. The van der Waals surface area contributed by atoms with E-state index in [0.29, 0.717) is 17.1 Å². The average molecular weight is 317 g/mol. The Morgan fingerprint density at radius 1 is 0.667 bits per heavy atom. The van der Waals surface area contributed by atoms with Gasteiger partial charge in [-0.2, -0.15) is 10.2 Å². The van der Waals surface area contributed by atoms with Crippen molar-refractivity contribution in [2.75, 3.05) is 0 Å². The first-order valence-electron chi connectivity index (χ1n) is 7.14. The number of phenolic OH excluding ortho intramolecular Hbond substituents is 1. The van der Waals surface area contributed by atoms with E-state index in [0.717, 1.165) is 5.69 Å². The Hall–Kier alpha value is -3.63. The van der Waals surface area contributed by atoms with E-state index in [1.165, 1.54) is 0 Å². The third-order valence-corrected chi connectivity index (χ3v) is 2.82. The average Bonchev–Trinajstić information content (AvgIpc) is 2.63. The number of hydrogen-bond acceptors (Lipinski definition) is 4. The van der Waals surface area contributed by atoms with Gasteiger partial charge in [-0.1, -0.05) is 59.7 Å². The van der Waals surface area contributed by atoms with Crippen LogP contribution in [0.4, 0.5) is 17.1 Å². The molecule has 0 saturated heterocycles. The second-order valence-corrected chi connectivity index (χ2v) is 4.55. The number of azo groups is 1. The summed E-state index contributed by atoms with van der Waals surface area (Å²) in [5.74, 6) is 0.322. The van der Waals surface area contributed by atoms with Crippen molar-refractivity contribution in [1.82, 2.24) is 0 Å². The summed E-state index contributed by atoms with van der Waals surface area (Å²) in [6.45, 7) is 0. The SMILES string of the molecule is Oc1ccccc1.[N-]=[N+]=Nc1ccccc1N=Nc1ccccc1. The third-order valence-electron chi connectivity index (χ3n) is 2.82. The topological polar surface area (TPSA) is 93.7 Å².